The second-order valence-corrected chi connectivity index (χ2v) is 9.72. The summed E-state index contributed by atoms with van der Waals surface area (Å²) in [5.41, 5.74) is 1.72. The Bertz CT molecular complexity index is 1040. The van der Waals surface area contributed by atoms with Crippen molar-refractivity contribution in [3.05, 3.63) is 64.1 Å². The van der Waals surface area contributed by atoms with Gasteiger partial charge in [0.2, 0.25) is 17.7 Å². The number of carbonyl (C=O) groups excluding carboxylic acids is 3. The zero-order chi connectivity index (χ0) is 24.8. The standard InChI is InChI=1S/C25H29Cl2N5O3/c26-19-12-20(27)14-21(13-19)29-23(33)15-22-25(35)28-6-7-32(22)24(34)17-31-10-8-30(9-11-31)16-18-4-2-1-3-5-18/h1-5,12-14,22H,6-11,15-17H2,(H,28,35)(H,29,33). The normalized spacial score (nSPS) is 19.3. The van der Waals surface area contributed by atoms with Crippen molar-refractivity contribution in [2.24, 2.45) is 0 Å². The van der Waals surface area contributed by atoms with Gasteiger partial charge in [0.1, 0.15) is 6.04 Å². The van der Waals surface area contributed by atoms with E-state index in [0.717, 1.165) is 32.7 Å². The molecule has 4 rings (SSSR count). The molecular weight excluding hydrogens is 489 g/mol. The Hall–Kier alpha value is -2.65. The highest BCUT2D eigenvalue weighted by Gasteiger charge is 2.35. The third-order valence-corrected chi connectivity index (χ3v) is 6.69. The maximum absolute atomic E-state index is 13.1. The molecule has 0 saturated carbocycles. The predicted octanol–water partition coefficient (Wildman–Crippen LogP) is 2.47. The molecular formula is C25H29Cl2N5O3. The molecule has 0 aromatic heterocycles. The van der Waals surface area contributed by atoms with E-state index in [0.29, 0.717) is 28.8 Å². The zero-order valence-corrected chi connectivity index (χ0v) is 20.9. The van der Waals surface area contributed by atoms with Crippen LogP contribution in [0.2, 0.25) is 10.0 Å². The maximum atomic E-state index is 13.1. The van der Waals surface area contributed by atoms with Gasteiger partial charge in [0.25, 0.3) is 0 Å². The minimum atomic E-state index is -0.856. The lowest BCUT2D eigenvalue weighted by Crippen LogP contribution is -2.60. The van der Waals surface area contributed by atoms with Crippen LogP contribution >= 0.6 is 23.2 Å². The Labute approximate surface area is 215 Å². The number of nitrogens with one attached hydrogen (secondary N) is 2. The third kappa shape index (κ3) is 7.18. The predicted molar refractivity (Wildman–Crippen MR) is 136 cm³/mol. The summed E-state index contributed by atoms with van der Waals surface area (Å²) < 4.78 is 0. The molecule has 8 nitrogen and oxygen atoms in total. The van der Waals surface area contributed by atoms with Crippen molar-refractivity contribution in [1.82, 2.24) is 20.0 Å². The van der Waals surface area contributed by atoms with Crippen LogP contribution in [0.4, 0.5) is 5.69 Å². The van der Waals surface area contributed by atoms with Gasteiger partial charge in [-0.25, -0.2) is 0 Å². The molecule has 2 saturated heterocycles. The van der Waals surface area contributed by atoms with Crippen LogP contribution in [0, 0.1) is 0 Å². The van der Waals surface area contributed by atoms with Gasteiger partial charge in [-0.2, -0.15) is 0 Å². The summed E-state index contributed by atoms with van der Waals surface area (Å²) in [6.07, 6.45) is -0.146. The fourth-order valence-electron chi connectivity index (χ4n) is 4.46. The molecule has 2 heterocycles. The zero-order valence-electron chi connectivity index (χ0n) is 19.4. The van der Waals surface area contributed by atoms with Crippen LogP contribution in [0.25, 0.3) is 0 Å². The number of amides is 3. The highest BCUT2D eigenvalue weighted by Crippen LogP contribution is 2.23. The number of piperazine rings is 2. The van der Waals surface area contributed by atoms with Gasteiger partial charge in [0.15, 0.2) is 0 Å². The maximum Gasteiger partial charge on any atom is 0.243 e. The van der Waals surface area contributed by atoms with E-state index >= 15 is 0 Å². The van der Waals surface area contributed by atoms with Crippen LogP contribution in [0.15, 0.2) is 48.5 Å². The number of carbonyl (C=O) groups is 3. The molecule has 0 bridgehead atoms. The van der Waals surface area contributed by atoms with Crippen molar-refractivity contribution >= 4 is 46.6 Å². The Balaban J connectivity index is 1.30. The first-order valence-electron chi connectivity index (χ1n) is 11.7. The second-order valence-electron chi connectivity index (χ2n) is 8.84. The largest absolute Gasteiger partial charge is 0.353 e. The fourth-order valence-corrected chi connectivity index (χ4v) is 4.99. The molecule has 35 heavy (non-hydrogen) atoms. The highest BCUT2D eigenvalue weighted by atomic mass is 35.5. The first kappa shape index (κ1) is 25.4. The molecule has 0 spiro atoms. The summed E-state index contributed by atoms with van der Waals surface area (Å²) in [6, 6.07) is 14.2. The van der Waals surface area contributed by atoms with Crippen LogP contribution in [0.5, 0.6) is 0 Å². The van der Waals surface area contributed by atoms with Gasteiger partial charge >= 0.3 is 0 Å². The van der Waals surface area contributed by atoms with E-state index < -0.39 is 11.9 Å². The molecule has 186 valence electrons. The number of halogens is 2. The summed E-state index contributed by atoms with van der Waals surface area (Å²) >= 11 is 12.0. The van der Waals surface area contributed by atoms with Gasteiger partial charge < -0.3 is 15.5 Å². The van der Waals surface area contributed by atoms with Gasteiger partial charge in [0, 0.05) is 61.5 Å². The van der Waals surface area contributed by atoms with Crippen molar-refractivity contribution in [3.8, 4) is 0 Å². The number of rotatable bonds is 7. The lowest BCUT2D eigenvalue weighted by Gasteiger charge is -2.38. The van der Waals surface area contributed by atoms with Crippen molar-refractivity contribution in [1.29, 1.82) is 0 Å². The van der Waals surface area contributed by atoms with Crippen molar-refractivity contribution in [2.45, 2.75) is 19.0 Å². The summed E-state index contributed by atoms with van der Waals surface area (Å²) in [4.78, 5) is 44.4. The van der Waals surface area contributed by atoms with Gasteiger partial charge in [-0.1, -0.05) is 53.5 Å². The minimum Gasteiger partial charge on any atom is -0.353 e. The van der Waals surface area contributed by atoms with E-state index in [4.69, 9.17) is 23.2 Å². The topological polar surface area (TPSA) is 85.0 Å². The van der Waals surface area contributed by atoms with Crippen LogP contribution in [0.1, 0.15) is 12.0 Å². The van der Waals surface area contributed by atoms with Crippen LogP contribution in [-0.4, -0.2) is 84.3 Å². The van der Waals surface area contributed by atoms with Gasteiger partial charge in [-0.3, -0.25) is 24.2 Å². The quantitative estimate of drug-likeness (QED) is 0.589. The summed E-state index contributed by atoms with van der Waals surface area (Å²) in [5.74, 6) is -0.853. The Kier molecular flexibility index (Phi) is 8.62. The number of hydrogen-bond donors (Lipinski definition) is 2. The average molecular weight is 518 g/mol. The van der Waals surface area contributed by atoms with E-state index in [1.807, 2.05) is 18.2 Å². The molecule has 1 unspecified atom stereocenters. The lowest BCUT2D eigenvalue weighted by atomic mass is 10.1. The average Bonchev–Trinajstić information content (AvgIpc) is 2.81. The third-order valence-electron chi connectivity index (χ3n) is 6.25. The summed E-state index contributed by atoms with van der Waals surface area (Å²) in [7, 11) is 0. The molecule has 3 amide bonds. The summed E-state index contributed by atoms with van der Waals surface area (Å²) in [6.45, 7) is 5.17. The first-order valence-corrected chi connectivity index (χ1v) is 12.4. The van der Waals surface area contributed by atoms with Crippen molar-refractivity contribution in [3.63, 3.8) is 0 Å². The molecule has 2 aliphatic rings. The van der Waals surface area contributed by atoms with E-state index in [1.165, 1.54) is 10.5 Å². The summed E-state index contributed by atoms with van der Waals surface area (Å²) in [5, 5.41) is 6.26. The molecule has 2 fully saturated rings. The molecule has 2 aromatic carbocycles. The molecule has 2 aromatic rings. The van der Waals surface area contributed by atoms with Crippen molar-refractivity contribution < 1.29 is 14.4 Å². The number of benzene rings is 2. The number of nitrogens with zero attached hydrogens (tertiary/aromatic N) is 3. The Morgan fingerprint density at radius 1 is 0.943 bits per heavy atom. The number of anilines is 1. The van der Waals surface area contributed by atoms with E-state index in [2.05, 4.69) is 32.6 Å². The van der Waals surface area contributed by atoms with Gasteiger partial charge in [-0.15, -0.1) is 0 Å². The Morgan fingerprint density at radius 2 is 1.60 bits per heavy atom. The lowest BCUT2D eigenvalue weighted by molar-refractivity contribution is -0.145. The molecule has 0 aliphatic carbocycles. The molecule has 2 N–H and O–H groups in total. The van der Waals surface area contributed by atoms with Gasteiger partial charge in [-0.05, 0) is 23.8 Å². The fraction of sp³-hybridized carbons (Fsp3) is 0.400. The van der Waals surface area contributed by atoms with E-state index in [9.17, 15) is 14.4 Å². The van der Waals surface area contributed by atoms with Crippen LogP contribution < -0.4 is 10.6 Å². The SMILES string of the molecule is O=C(CC1C(=O)NCCN1C(=O)CN1CCN(Cc2ccccc2)CC1)Nc1cc(Cl)cc(Cl)c1. The molecule has 10 heteroatoms. The Morgan fingerprint density at radius 3 is 2.29 bits per heavy atom. The minimum absolute atomic E-state index is 0.139. The highest BCUT2D eigenvalue weighted by molar-refractivity contribution is 6.35. The van der Waals surface area contributed by atoms with E-state index in [1.54, 1.807) is 18.2 Å². The van der Waals surface area contributed by atoms with E-state index in [-0.39, 0.29) is 24.8 Å². The van der Waals surface area contributed by atoms with Crippen LogP contribution in [0.3, 0.4) is 0 Å². The molecule has 1 atom stereocenters. The number of hydrogen-bond acceptors (Lipinski definition) is 5. The van der Waals surface area contributed by atoms with Crippen molar-refractivity contribution in [2.75, 3.05) is 51.1 Å². The first-order chi connectivity index (χ1) is 16.9. The smallest absolute Gasteiger partial charge is 0.243 e. The molecule has 2 aliphatic heterocycles. The molecule has 0 radical (unpaired) electrons. The van der Waals surface area contributed by atoms with Crippen LogP contribution in [-0.2, 0) is 20.9 Å². The monoisotopic (exact) mass is 517 g/mol. The van der Waals surface area contributed by atoms with Gasteiger partial charge in [0.05, 0.1) is 13.0 Å². The second kappa shape index (κ2) is 11.9.